The summed E-state index contributed by atoms with van der Waals surface area (Å²) in [4.78, 5) is 0. The minimum Gasteiger partial charge on any atom is -0.493 e. The lowest BCUT2D eigenvalue weighted by Crippen LogP contribution is -1.95. The number of rotatable bonds is 6. The summed E-state index contributed by atoms with van der Waals surface area (Å²) >= 11 is 0. The molecule has 0 amide bonds. The lowest BCUT2D eigenvalue weighted by Gasteiger charge is -2.08. The van der Waals surface area contributed by atoms with E-state index in [4.69, 9.17) is 9.47 Å². The van der Waals surface area contributed by atoms with Crippen LogP contribution in [0.4, 0.5) is 0 Å². The standard InChI is InChI=1S/C20H28O2/c1-14(2)16(4)7-6-15(3)10-11-21-18-8-9-19-17(5)13-22-20(19)12-18/h8-10,12,17H,6-7,11,13H2,1-5H3. The number of benzene rings is 1. The highest BCUT2D eigenvalue weighted by atomic mass is 16.5. The van der Waals surface area contributed by atoms with Gasteiger partial charge in [-0.1, -0.05) is 29.7 Å². The van der Waals surface area contributed by atoms with Gasteiger partial charge in [0.25, 0.3) is 0 Å². The lowest BCUT2D eigenvalue weighted by molar-refractivity contribution is 0.331. The molecule has 0 saturated carbocycles. The highest BCUT2D eigenvalue weighted by molar-refractivity contribution is 5.45. The molecular weight excluding hydrogens is 272 g/mol. The fourth-order valence-corrected chi connectivity index (χ4v) is 2.46. The Morgan fingerprint density at radius 3 is 2.73 bits per heavy atom. The molecule has 0 saturated heterocycles. The van der Waals surface area contributed by atoms with Crippen LogP contribution in [0.15, 0.2) is 41.0 Å². The summed E-state index contributed by atoms with van der Waals surface area (Å²) in [6.07, 6.45) is 4.41. The molecule has 22 heavy (non-hydrogen) atoms. The molecule has 0 spiro atoms. The van der Waals surface area contributed by atoms with E-state index in [1.807, 2.05) is 12.1 Å². The van der Waals surface area contributed by atoms with Crippen LogP contribution in [0.3, 0.4) is 0 Å². The zero-order valence-corrected chi connectivity index (χ0v) is 14.5. The molecule has 0 radical (unpaired) electrons. The summed E-state index contributed by atoms with van der Waals surface area (Å²) in [5.41, 5.74) is 5.58. The zero-order chi connectivity index (χ0) is 16.1. The van der Waals surface area contributed by atoms with Crippen molar-refractivity contribution in [3.8, 4) is 11.5 Å². The first-order chi connectivity index (χ1) is 10.5. The van der Waals surface area contributed by atoms with E-state index in [9.17, 15) is 0 Å². The Kier molecular flexibility index (Phi) is 5.70. The summed E-state index contributed by atoms with van der Waals surface area (Å²) in [7, 11) is 0. The first kappa shape index (κ1) is 16.7. The van der Waals surface area contributed by atoms with Crippen LogP contribution in [-0.4, -0.2) is 13.2 Å². The summed E-state index contributed by atoms with van der Waals surface area (Å²) < 4.78 is 11.5. The van der Waals surface area contributed by atoms with E-state index >= 15 is 0 Å². The van der Waals surface area contributed by atoms with Crippen LogP contribution in [0.1, 0.15) is 58.9 Å². The topological polar surface area (TPSA) is 18.5 Å². The third-order valence-electron chi connectivity index (χ3n) is 4.43. The molecule has 1 aliphatic heterocycles. The second-order valence-electron chi connectivity index (χ2n) is 6.55. The summed E-state index contributed by atoms with van der Waals surface area (Å²) in [5, 5.41) is 0. The van der Waals surface area contributed by atoms with Crippen molar-refractivity contribution >= 4 is 0 Å². The van der Waals surface area contributed by atoms with Crippen molar-refractivity contribution < 1.29 is 9.47 Å². The third-order valence-corrected chi connectivity index (χ3v) is 4.43. The molecule has 1 aromatic rings. The van der Waals surface area contributed by atoms with E-state index in [-0.39, 0.29) is 0 Å². The van der Waals surface area contributed by atoms with Gasteiger partial charge in [0.05, 0.1) is 6.61 Å². The number of ether oxygens (including phenoxy) is 2. The fourth-order valence-electron chi connectivity index (χ4n) is 2.46. The number of hydrogen-bond acceptors (Lipinski definition) is 2. The van der Waals surface area contributed by atoms with Crippen molar-refractivity contribution in [1.82, 2.24) is 0 Å². The maximum Gasteiger partial charge on any atom is 0.126 e. The summed E-state index contributed by atoms with van der Waals surface area (Å²) in [6, 6.07) is 6.17. The second kappa shape index (κ2) is 7.53. The van der Waals surface area contributed by atoms with Crippen LogP contribution in [0, 0.1) is 0 Å². The normalized spacial score (nSPS) is 17.0. The number of hydrogen-bond donors (Lipinski definition) is 0. The van der Waals surface area contributed by atoms with Gasteiger partial charge in [0, 0.05) is 17.5 Å². The Morgan fingerprint density at radius 1 is 1.23 bits per heavy atom. The van der Waals surface area contributed by atoms with Crippen LogP contribution in [0.2, 0.25) is 0 Å². The van der Waals surface area contributed by atoms with Gasteiger partial charge < -0.3 is 9.47 Å². The summed E-state index contributed by atoms with van der Waals surface area (Å²) in [5.74, 6) is 2.35. The van der Waals surface area contributed by atoms with E-state index in [0.717, 1.165) is 30.9 Å². The molecule has 1 aromatic carbocycles. The van der Waals surface area contributed by atoms with Gasteiger partial charge in [-0.05, 0) is 52.7 Å². The molecule has 0 aromatic heterocycles. The molecule has 0 N–H and O–H groups in total. The monoisotopic (exact) mass is 300 g/mol. The SMILES string of the molecule is CC(=CCOc1ccc2c(c1)OCC2C)CCC(C)=C(C)C. The highest BCUT2D eigenvalue weighted by Gasteiger charge is 2.20. The first-order valence-electron chi connectivity index (χ1n) is 8.15. The molecule has 1 heterocycles. The molecule has 1 atom stereocenters. The first-order valence-corrected chi connectivity index (χ1v) is 8.15. The van der Waals surface area contributed by atoms with Gasteiger partial charge >= 0.3 is 0 Å². The number of fused-ring (bicyclic) bond motifs is 1. The molecule has 2 heteroatoms. The smallest absolute Gasteiger partial charge is 0.126 e. The van der Waals surface area contributed by atoms with Crippen molar-refractivity contribution in [2.24, 2.45) is 0 Å². The lowest BCUT2D eigenvalue weighted by atomic mass is 10.0. The predicted octanol–water partition coefficient (Wildman–Crippen LogP) is 5.64. The van der Waals surface area contributed by atoms with Crippen LogP contribution in [0.5, 0.6) is 11.5 Å². The third kappa shape index (κ3) is 4.40. The van der Waals surface area contributed by atoms with Gasteiger partial charge in [0.1, 0.15) is 18.1 Å². The van der Waals surface area contributed by atoms with Gasteiger partial charge in [0.15, 0.2) is 0 Å². The quantitative estimate of drug-likeness (QED) is 0.632. The minimum absolute atomic E-state index is 0.490. The Labute approximate surface area is 134 Å². The van der Waals surface area contributed by atoms with Crippen LogP contribution >= 0.6 is 0 Å². The van der Waals surface area contributed by atoms with Gasteiger partial charge in [-0.15, -0.1) is 0 Å². The average molecular weight is 300 g/mol. The van der Waals surface area contributed by atoms with Crippen molar-refractivity contribution in [2.45, 2.75) is 53.4 Å². The van der Waals surface area contributed by atoms with Gasteiger partial charge in [-0.2, -0.15) is 0 Å². The van der Waals surface area contributed by atoms with Crippen molar-refractivity contribution in [3.63, 3.8) is 0 Å². The second-order valence-corrected chi connectivity index (χ2v) is 6.55. The molecule has 2 rings (SSSR count). The van der Waals surface area contributed by atoms with E-state index in [0.29, 0.717) is 12.5 Å². The van der Waals surface area contributed by atoms with Gasteiger partial charge in [-0.3, -0.25) is 0 Å². The molecule has 2 nitrogen and oxygen atoms in total. The molecular formula is C20H28O2. The zero-order valence-electron chi connectivity index (χ0n) is 14.5. The molecule has 120 valence electrons. The predicted molar refractivity (Wildman–Crippen MR) is 92.9 cm³/mol. The van der Waals surface area contributed by atoms with Crippen molar-refractivity contribution in [3.05, 3.63) is 46.6 Å². The van der Waals surface area contributed by atoms with E-state index < -0.39 is 0 Å². The molecule has 0 fully saturated rings. The van der Waals surface area contributed by atoms with Crippen LogP contribution < -0.4 is 9.47 Å². The Hall–Kier alpha value is -1.70. The van der Waals surface area contributed by atoms with Crippen molar-refractivity contribution in [2.75, 3.05) is 13.2 Å². The van der Waals surface area contributed by atoms with E-state index in [1.165, 1.54) is 22.3 Å². The maximum atomic E-state index is 5.82. The van der Waals surface area contributed by atoms with E-state index in [2.05, 4.69) is 46.8 Å². The fraction of sp³-hybridized carbons (Fsp3) is 0.500. The molecule has 1 aliphatic rings. The van der Waals surface area contributed by atoms with Gasteiger partial charge in [-0.25, -0.2) is 0 Å². The maximum absolute atomic E-state index is 5.82. The van der Waals surface area contributed by atoms with Crippen molar-refractivity contribution in [1.29, 1.82) is 0 Å². The average Bonchev–Trinajstić information content (AvgIpc) is 2.85. The van der Waals surface area contributed by atoms with Crippen LogP contribution in [-0.2, 0) is 0 Å². The van der Waals surface area contributed by atoms with Gasteiger partial charge in [0.2, 0.25) is 0 Å². The molecule has 1 unspecified atom stereocenters. The molecule has 0 bridgehead atoms. The van der Waals surface area contributed by atoms with Crippen LogP contribution in [0.25, 0.3) is 0 Å². The largest absolute Gasteiger partial charge is 0.493 e. The Morgan fingerprint density at radius 2 is 2.00 bits per heavy atom. The Bertz CT molecular complexity index is 577. The molecule has 0 aliphatic carbocycles. The Balaban J connectivity index is 1.83. The summed E-state index contributed by atoms with van der Waals surface area (Å²) in [6.45, 7) is 12.3. The highest BCUT2D eigenvalue weighted by Crippen LogP contribution is 2.36. The van der Waals surface area contributed by atoms with E-state index in [1.54, 1.807) is 0 Å². The minimum atomic E-state index is 0.490. The number of allylic oxidation sites excluding steroid dienone is 3.